The van der Waals surface area contributed by atoms with Crippen molar-refractivity contribution in [3.8, 4) is 11.1 Å². The molecule has 1 N–H and O–H groups in total. The van der Waals surface area contributed by atoms with Gasteiger partial charge in [-0.15, -0.1) is 0 Å². The number of hydrogen-bond donors (Lipinski definition) is 1. The molecule has 0 saturated carbocycles. The van der Waals surface area contributed by atoms with Crippen molar-refractivity contribution >= 4 is 18.1 Å². The van der Waals surface area contributed by atoms with Crippen molar-refractivity contribution in [3.63, 3.8) is 0 Å². The van der Waals surface area contributed by atoms with Crippen molar-refractivity contribution in [2.45, 2.75) is 44.7 Å². The fourth-order valence-electron chi connectivity index (χ4n) is 4.11. The van der Waals surface area contributed by atoms with E-state index in [4.69, 9.17) is 0 Å². The number of carboxylic acid groups (broad SMARTS) is 1. The first-order valence-corrected chi connectivity index (χ1v) is 11.9. The van der Waals surface area contributed by atoms with Crippen LogP contribution in [0.1, 0.15) is 59.6 Å². The molecule has 0 bridgehead atoms. The smallest absolute Gasteiger partial charge is 0.416 e. The van der Waals surface area contributed by atoms with E-state index in [1.54, 1.807) is 13.8 Å². The van der Waals surface area contributed by atoms with Crippen LogP contribution in [0, 0.1) is 5.92 Å². The predicted molar refractivity (Wildman–Crippen MR) is 132 cm³/mol. The molecule has 1 atom stereocenters. The number of carbonyl (C=O) groups is 1. The SMILES string of the molecule is CC(C)CC(C(=O)O)c1cc(C=Cc2cc(C(F)(F)F)cc(C(F)(F)F)c2)cc(-c2ccc(C(F)(F)F)cc2)c1. The first-order chi connectivity index (χ1) is 18.3. The number of carboxylic acids is 1. The molecular formula is C29H23F9O2. The van der Waals surface area contributed by atoms with Gasteiger partial charge in [0.1, 0.15) is 0 Å². The zero-order valence-electron chi connectivity index (χ0n) is 21.0. The first-order valence-electron chi connectivity index (χ1n) is 11.9. The van der Waals surface area contributed by atoms with Crippen molar-refractivity contribution in [2.75, 3.05) is 0 Å². The summed E-state index contributed by atoms with van der Waals surface area (Å²) in [6, 6.07) is 9.56. The molecule has 3 aromatic carbocycles. The fraction of sp³-hybridized carbons (Fsp3) is 0.276. The molecule has 3 rings (SSSR count). The summed E-state index contributed by atoms with van der Waals surface area (Å²) in [6.07, 6.45) is -12.2. The molecule has 3 aromatic rings. The summed E-state index contributed by atoms with van der Waals surface area (Å²) in [6.45, 7) is 3.59. The van der Waals surface area contributed by atoms with Gasteiger partial charge in [-0.2, -0.15) is 39.5 Å². The van der Waals surface area contributed by atoms with E-state index in [1.165, 1.54) is 36.4 Å². The van der Waals surface area contributed by atoms with Gasteiger partial charge in [-0.25, -0.2) is 0 Å². The number of hydrogen-bond acceptors (Lipinski definition) is 1. The number of rotatable bonds is 7. The molecule has 40 heavy (non-hydrogen) atoms. The Bertz CT molecular complexity index is 1350. The van der Waals surface area contributed by atoms with Gasteiger partial charge in [0.2, 0.25) is 0 Å². The lowest BCUT2D eigenvalue weighted by atomic mass is 9.87. The van der Waals surface area contributed by atoms with Crippen LogP contribution in [0.25, 0.3) is 23.3 Å². The van der Waals surface area contributed by atoms with Crippen LogP contribution >= 0.6 is 0 Å². The number of halogens is 9. The lowest BCUT2D eigenvalue weighted by Crippen LogP contribution is -2.14. The van der Waals surface area contributed by atoms with Gasteiger partial charge in [0.15, 0.2) is 0 Å². The van der Waals surface area contributed by atoms with E-state index in [9.17, 15) is 49.4 Å². The molecule has 1 unspecified atom stereocenters. The van der Waals surface area contributed by atoms with E-state index in [0.29, 0.717) is 23.3 Å². The maximum Gasteiger partial charge on any atom is 0.416 e. The van der Waals surface area contributed by atoms with Crippen LogP contribution in [0.15, 0.2) is 60.7 Å². The Balaban J connectivity index is 2.15. The number of benzene rings is 3. The Morgan fingerprint density at radius 2 is 1.15 bits per heavy atom. The van der Waals surface area contributed by atoms with E-state index in [-0.39, 0.29) is 29.5 Å². The molecule has 0 aliphatic carbocycles. The standard InChI is InChI=1S/C29H23F9O2/c1-16(2)9-25(26(39)40)21-11-17(10-20(14-21)19-5-7-22(8-6-19)27(30,31)32)3-4-18-12-23(28(33,34)35)15-24(13-18)29(36,37)38/h3-8,10-16,25H,9H2,1-2H3,(H,39,40). The Labute approximate surface area is 223 Å². The summed E-state index contributed by atoms with van der Waals surface area (Å²) in [5.74, 6) is -2.24. The fourth-order valence-corrected chi connectivity index (χ4v) is 4.11. The summed E-state index contributed by atoms with van der Waals surface area (Å²) >= 11 is 0. The molecule has 0 saturated heterocycles. The van der Waals surface area contributed by atoms with Crippen LogP contribution < -0.4 is 0 Å². The van der Waals surface area contributed by atoms with Gasteiger partial charge >= 0.3 is 24.5 Å². The predicted octanol–water partition coefficient (Wildman–Crippen LogP) is 9.79. The lowest BCUT2D eigenvalue weighted by Gasteiger charge is -2.17. The summed E-state index contributed by atoms with van der Waals surface area (Å²) in [5.41, 5.74) is -3.17. The normalized spacial score (nSPS) is 13.7. The van der Waals surface area contributed by atoms with Crippen LogP contribution in [-0.4, -0.2) is 11.1 Å². The molecule has 0 amide bonds. The highest BCUT2D eigenvalue weighted by Crippen LogP contribution is 2.37. The summed E-state index contributed by atoms with van der Waals surface area (Å²) < 4.78 is 119. The van der Waals surface area contributed by atoms with Crippen molar-refractivity contribution in [3.05, 3.63) is 94.0 Å². The Morgan fingerprint density at radius 3 is 1.57 bits per heavy atom. The average molecular weight is 574 g/mol. The van der Waals surface area contributed by atoms with Crippen molar-refractivity contribution < 1.29 is 49.4 Å². The Hall–Kier alpha value is -3.76. The van der Waals surface area contributed by atoms with Crippen LogP contribution in [-0.2, 0) is 23.3 Å². The molecule has 0 heterocycles. The third-order valence-electron chi connectivity index (χ3n) is 6.01. The molecule has 0 radical (unpaired) electrons. The van der Waals surface area contributed by atoms with E-state index in [0.717, 1.165) is 18.2 Å². The van der Waals surface area contributed by atoms with Gasteiger partial charge in [-0.3, -0.25) is 4.79 Å². The van der Waals surface area contributed by atoms with E-state index in [1.807, 2.05) is 0 Å². The third-order valence-corrected chi connectivity index (χ3v) is 6.01. The van der Waals surface area contributed by atoms with Gasteiger partial charge in [-0.05, 0) is 76.6 Å². The minimum absolute atomic E-state index is 0.00402. The Morgan fingerprint density at radius 1 is 0.675 bits per heavy atom. The average Bonchev–Trinajstić information content (AvgIpc) is 2.84. The lowest BCUT2D eigenvalue weighted by molar-refractivity contribution is -0.143. The van der Waals surface area contributed by atoms with Crippen molar-refractivity contribution in [2.24, 2.45) is 5.92 Å². The number of aliphatic carboxylic acids is 1. The van der Waals surface area contributed by atoms with Crippen LogP contribution in [0.3, 0.4) is 0 Å². The highest BCUT2D eigenvalue weighted by molar-refractivity contribution is 5.80. The topological polar surface area (TPSA) is 37.3 Å². The molecule has 0 fully saturated rings. The molecule has 0 aliphatic rings. The third kappa shape index (κ3) is 7.89. The van der Waals surface area contributed by atoms with E-state index in [2.05, 4.69) is 0 Å². The molecular weight excluding hydrogens is 551 g/mol. The van der Waals surface area contributed by atoms with Gasteiger partial charge in [-0.1, -0.05) is 50.3 Å². The summed E-state index contributed by atoms with van der Waals surface area (Å²) in [5, 5.41) is 9.82. The minimum Gasteiger partial charge on any atom is -0.481 e. The van der Waals surface area contributed by atoms with Gasteiger partial charge in [0.05, 0.1) is 22.6 Å². The number of alkyl halides is 9. The van der Waals surface area contributed by atoms with Crippen LogP contribution in [0.5, 0.6) is 0 Å². The zero-order valence-corrected chi connectivity index (χ0v) is 21.0. The molecule has 11 heteroatoms. The highest BCUT2D eigenvalue weighted by atomic mass is 19.4. The highest BCUT2D eigenvalue weighted by Gasteiger charge is 2.36. The van der Waals surface area contributed by atoms with Gasteiger partial charge < -0.3 is 5.11 Å². The second kappa shape index (κ2) is 11.4. The zero-order chi connectivity index (χ0) is 30.0. The molecule has 0 spiro atoms. The quantitative estimate of drug-likeness (QED) is 0.225. The summed E-state index contributed by atoms with van der Waals surface area (Å²) in [4.78, 5) is 12.0. The van der Waals surface area contributed by atoms with Crippen LogP contribution in [0.2, 0.25) is 0 Å². The molecule has 214 valence electrons. The van der Waals surface area contributed by atoms with Gasteiger partial charge in [0, 0.05) is 0 Å². The monoisotopic (exact) mass is 574 g/mol. The Kier molecular flexibility index (Phi) is 8.76. The first kappa shape index (κ1) is 30.8. The van der Waals surface area contributed by atoms with E-state index >= 15 is 0 Å². The van der Waals surface area contributed by atoms with Crippen molar-refractivity contribution in [1.82, 2.24) is 0 Å². The molecule has 0 aromatic heterocycles. The minimum atomic E-state index is -5.04. The summed E-state index contributed by atoms with van der Waals surface area (Å²) in [7, 11) is 0. The largest absolute Gasteiger partial charge is 0.481 e. The maximum absolute atomic E-state index is 13.2. The van der Waals surface area contributed by atoms with Crippen molar-refractivity contribution in [1.29, 1.82) is 0 Å². The van der Waals surface area contributed by atoms with E-state index < -0.39 is 52.7 Å². The van der Waals surface area contributed by atoms with Gasteiger partial charge in [0.25, 0.3) is 0 Å². The maximum atomic E-state index is 13.2. The molecule has 0 aliphatic heterocycles. The van der Waals surface area contributed by atoms with Crippen LogP contribution in [0.4, 0.5) is 39.5 Å². The second-order valence-electron chi connectivity index (χ2n) is 9.66. The molecule has 2 nitrogen and oxygen atoms in total. The second-order valence-corrected chi connectivity index (χ2v) is 9.66.